The highest BCUT2D eigenvalue weighted by Crippen LogP contribution is 2.39. The highest BCUT2D eigenvalue weighted by atomic mass is 16.5. The first-order valence-electron chi connectivity index (χ1n) is 6.30. The van der Waals surface area contributed by atoms with Crippen molar-refractivity contribution in [3.05, 3.63) is 60.2 Å². The Morgan fingerprint density at radius 2 is 1.89 bits per heavy atom. The lowest BCUT2D eigenvalue weighted by molar-refractivity contribution is -0.124. The summed E-state index contributed by atoms with van der Waals surface area (Å²) in [6, 6.07) is 17.9. The fourth-order valence-corrected chi connectivity index (χ4v) is 2.44. The highest BCUT2D eigenvalue weighted by molar-refractivity contribution is 6.01. The van der Waals surface area contributed by atoms with Crippen LogP contribution in [0, 0.1) is 0 Å². The van der Waals surface area contributed by atoms with Crippen LogP contribution >= 0.6 is 0 Å². The van der Waals surface area contributed by atoms with Crippen LogP contribution in [-0.4, -0.2) is 13.0 Å². The molecular formula is C16H15NO2. The zero-order chi connectivity index (χ0) is 13.2. The number of hydrogen-bond acceptors (Lipinski definition) is 2. The van der Waals surface area contributed by atoms with Crippen molar-refractivity contribution >= 4 is 11.6 Å². The quantitative estimate of drug-likeness (QED) is 0.786. The van der Waals surface area contributed by atoms with E-state index in [1.54, 1.807) is 7.11 Å². The maximum Gasteiger partial charge on any atom is 0.230 e. The summed E-state index contributed by atoms with van der Waals surface area (Å²) in [6.07, 6.45) is 0.571. The van der Waals surface area contributed by atoms with Crippen molar-refractivity contribution in [1.82, 2.24) is 0 Å². The SMILES string of the molecule is COc1cccc(N2C(=O)CC2c2ccccc2)c1. The van der Waals surface area contributed by atoms with Gasteiger partial charge in [0.25, 0.3) is 0 Å². The predicted octanol–water partition coefficient (Wildman–Crippen LogP) is 3.17. The molecule has 0 radical (unpaired) electrons. The standard InChI is InChI=1S/C16H15NO2/c1-19-14-9-5-8-13(10-14)17-15(11-16(17)18)12-6-3-2-4-7-12/h2-10,15H,11H2,1H3. The number of amides is 1. The van der Waals surface area contributed by atoms with Gasteiger partial charge in [0.1, 0.15) is 5.75 Å². The summed E-state index contributed by atoms with van der Waals surface area (Å²) in [5.41, 5.74) is 2.06. The number of benzene rings is 2. The Bertz CT molecular complexity index is 595. The van der Waals surface area contributed by atoms with Crippen molar-refractivity contribution in [2.24, 2.45) is 0 Å². The van der Waals surface area contributed by atoms with E-state index in [2.05, 4.69) is 12.1 Å². The van der Waals surface area contributed by atoms with Crippen molar-refractivity contribution in [3.8, 4) is 5.75 Å². The number of carbonyl (C=O) groups excluding carboxylic acids is 1. The third kappa shape index (κ3) is 2.08. The second kappa shape index (κ2) is 4.76. The van der Waals surface area contributed by atoms with Crippen LogP contribution < -0.4 is 9.64 Å². The minimum atomic E-state index is 0.140. The van der Waals surface area contributed by atoms with Gasteiger partial charge in [-0.25, -0.2) is 0 Å². The summed E-state index contributed by atoms with van der Waals surface area (Å²) in [4.78, 5) is 13.7. The molecule has 1 unspecified atom stereocenters. The third-order valence-electron chi connectivity index (χ3n) is 3.46. The largest absolute Gasteiger partial charge is 0.497 e. The van der Waals surface area contributed by atoms with E-state index in [4.69, 9.17) is 4.74 Å². The van der Waals surface area contributed by atoms with E-state index in [-0.39, 0.29) is 11.9 Å². The van der Waals surface area contributed by atoms with E-state index in [1.807, 2.05) is 47.4 Å². The molecule has 19 heavy (non-hydrogen) atoms. The Kier molecular flexibility index (Phi) is 2.95. The number of methoxy groups -OCH3 is 1. The fraction of sp³-hybridized carbons (Fsp3) is 0.188. The number of hydrogen-bond donors (Lipinski definition) is 0. The van der Waals surface area contributed by atoms with Gasteiger partial charge in [-0.05, 0) is 17.7 Å². The van der Waals surface area contributed by atoms with Gasteiger partial charge in [0, 0.05) is 11.8 Å². The molecule has 2 aromatic carbocycles. The average Bonchev–Trinajstić information content (AvgIpc) is 2.45. The van der Waals surface area contributed by atoms with Crippen molar-refractivity contribution in [1.29, 1.82) is 0 Å². The molecule has 0 bridgehead atoms. The zero-order valence-electron chi connectivity index (χ0n) is 10.7. The molecule has 0 saturated carbocycles. The van der Waals surface area contributed by atoms with Crippen molar-refractivity contribution in [2.75, 3.05) is 12.0 Å². The van der Waals surface area contributed by atoms with Crippen LogP contribution in [-0.2, 0) is 4.79 Å². The monoisotopic (exact) mass is 253 g/mol. The van der Waals surface area contributed by atoms with Gasteiger partial charge in [0.05, 0.1) is 19.6 Å². The first-order chi connectivity index (χ1) is 9.29. The lowest BCUT2D eigenvalue weighted by Crippen LogP contribution is -2.46. The molecule has 3 nitrogen and oxygen atoms in total. The van der Waals surface area contributed by atoms with Crippen LogP contribution in [0.4, 0.5) is 5.69 Å². The van der Waals surface area contributed by atoms with Crippen LogP contribution in [0.5, 0.6) is 5.75 Å². The van der Waals surface area contributed by atoms with Crippen LogP contribution in [0.3, 0.4) is 0 Å². The number of anilines is 1. The van der Waals surface area contributed by atoms with Gasteiger partial charge in [-0.1, -0.05) is 36.4 Å². The molecule has 2 aromatic rings. The van der Waals surface area contributed by atoms with Crippen LogP contribution in [0.2, 0.25) is 0 Å². The summed E-state index contributed by atoms with van der Waals surface area (Å²) in [6.45, 7) is 0. The van der Waals surface area contributed by atoms with Gasteiger partial charge in [-0.3, -0.25) is 4.79 Å². The second-order valence-electron chi connectivity index (χ2n) is 4.60. The van der Waals surface area contributed by atoms with Crippen molar-refractivity contribution in [3.63, 3.8) is 0 Å². The zero-order valence-corrected chi connectivity index (χ0v) is 10.7. The Hall–Kier alpha value is -2.29. The van der Waals surface area contributed by atoms with E-state index in [9.17, 15) is 4.79 Å². The molecular weight excluding hydrogens is 238 g/mol. The number of nitrogens with zero attached hydrogens (tertiary/aromatic N) is 1. The molecule has 1 atom stereocenters. The van der Waals surface area contributed by atoms with Crippen LogP contribution in [0.25, 0.3) is 0 Å². The molecule has 1 amide bonds. The summed E-state index contributed by atoms with van der Waals surface area (Å²) in [5, 5.41) is 0. The molecule has 1 fully saturated rings. The Balaban J connectivity index is 1.92. The predicted molar refractivity (Wildman–Crippen MR) is 74.3 cm³/mol. The van der Waals surface area contributed by atoms with Crippen molar-refractivity contribution < 1.29 is 9.53 Å². The van der Waals surface area contributed by atoms with Gasteiger partial charge in [-0.15, -0.1) is 0 Å². The normalized spacial score (nSPS) is 18.1. The van der Waals surface area contributed by atoms with Gasteiger partial charge in [0.2, 0.25) is 5.91 Å². The molecule has 1 aliphatic rings. The first kappa shape index (κ1) is 11.8. The molecule has 0 N–H and O–H groups in total. The molecule has 3 rings (SSSR count). The summed E-state index contributed by atoms with van der Waals surface area (Å²) in [5.74, 6) is 0.922. The average molecular weight is 253 g/mol. The highest BCUT2D eigenvalue weighted by Gasteiger charge is 2.38. The fourth-order valence-electron chi connectivity index (χ4n) is 2.44. The molecule has 0 spiro atoms. The van der Waals surface area contributed by atoms with E-state index in [0.29, 0.717) is 6.42 Å². The number of carbonyl (C=O) groups is 1. The minimum absolute atomic E-state index is 0.140. The number of ether oxygens (including phenoxy) is 1. The Morgan fingerprint density at radius 3 is 2.58 bits per heavy atom. The molecule has 1 heterocycles. The maximum absolute atomic E-state index is 11.9. The molecule has 96 valence electrons. The van der Waals surface area contributed by atoms with E-state index < -0.39 is 0 Å². The van der Waals surface area contributed by atoms with Gasteiger partial charge >= 0.3 is 0 Å². The lowest BCUT2D eigenvalue weighted by Gasteiger charge is -2.40. The van der Waals surface area contributed by atoms with E-state index in [1.165, 1.54) is 5.56 Å². The minimum Gasteiger partial charge on any atom is -0.497 e. The molecule has 1 aliphatic heterocycles. The number of β-lactam (4-membered cyclic amide) rings is 1. The van der Waals surface area contributed by atoms with Gasteiger partial charge in [0.15, 0.2) is 0 Å². The summed E-state index contributed by atoms with van der Waals surface area (Å²) >= 11 is 0. The number of rotatable bonds is 3. The first-order valence-corrected chi connectivity index (χ1v) is 6.30. The smallest absolute Gasteiger partial charge is 0.230 e. The van der Waals surface area contributed by atoms with Crippen LogP contribution in [0.1, 0.15) is 18.0 Å². The van der Waals surface area contributed by atoms with Gasteiger partial charge < -0.3 is 9.64 Å². The Morgan fingerprint density at radius 1 is 1.11 bits per heavy atom. The Labute approximate surface area is 112 Å². The molecule has 0 aliphatic carbocycles. The van der Waals surface area contributed by atoms with Gasteiger partial charge in [-0.2, -0.15) is 0 Å². The molecule has 0 aromatic heterocycles. The molecule has 1 saturated heterocycles. The van der Waals surface area contributed by atoms with E-state index >= 15 is 0 Å². The summed E-state index contributed by atoms with van der Waals surface area (Å²) in [7, 11) is 1.63. The summed E-state index contributed by atoms with van der Waals surface area (Å²) < 4.78 is 5.21. The molecule has 3 heteroatoms. The maximum atomic E-state index is 11.9. The third-order valence-corrected chi connectivity index (χ3v) is 3.46. The second-order valence-corrected chi connectivity index (χ2v) is 4.60. The topological polar surface area (TPSA) is 29.5 Å². The van der Waals surface area contributed by atoms with Crippen molar-refractivity contribution in [2.45, 2.75) is 12.5 Å². The van der Waals surface area contributed by atoms with Crippen LogP contribution in [0.15, 0.2) is 54.6 Å². The lowest BCUT2D eigenvalue weighted by atomic mass is 9.93. The van der Waals surface area contributed by atoms with E-state index in [0.717, 1.165) is 11.4 Å².